The second kappa shape index (κ2) is 1.95. The van der Waals surface area contributed by atoms with Crippen LogP contribution in [0.1, 0.15) is 12.8 Å². The Kier molecular flexibility index (Phi) is 1.29. The van der Waals surface area contributed by atoms with Crippen LogP contribution < -0.4 is 0 Å². The maximum Gasteiger partial charge on any atom is 0.0859 e. The van der Waals surface area contributed by atoms with E-state index in [1.807, 2.05) is 0 Å². The van der Waals surface area contributed by atoms with E-state index in [1.165, 1.54) is 0 Å². The topological polar surface area (TPSA) is 23.8 Å². The first-order chi connectivity index (χ1) is 3.86. The van der Waals surface area contributed by atoms with Crippen molar-refractivity contribution in [3.05, 3.63) is 11.9 Å². The van der Waals surface area contributed by atoms with Gasteiger partial charge in [-0.3, -0.25) is 0 Å². The maximum atomic E-state index is 11.5. The van der Waals surface area contributed by atoms with Crippen LogP contribution in [0.5, 0.6) is 0 Å². The monoisotopic (exact) mass is 111 g/mol. The van der Waals surface area contributed by atoms with Gasteiger partial charge in [0.2, 0.25) is 0 Å². The van der Waals surface area contributed by atoms with E-state index in [0.29, 0.717) is 19.2 Å². The maximum absolute atomic E-state index is 11.5. The highest BCUT2D eigenvalue weighted by Crippen LogP contribution is 2.31. The van der Waals surface area contributed by atoms with Crippen molar-refractivity contribution in [1.82, 2.24) is 0 Å². The van der Waals surface area contributed by atoms with Gasteiger partial charge in [-0.25, -0.2) is 4.39 Å². The third-order valence-corrected chi connectivity index (χ3v) is 1.35. The summed E-state index contributed by atoms with van der Waals surface area (Å²) < 4.78 is 11.5. The zero-order valence-electron chi connectivity index (χ0n) is 4.39. The van der Waals surface area contributed by atoms with Crippen molar-refractivity contribution in [2.24, 2.45) is 5.92 Å². The lowest BCUT2D eigenvalue weighted by molar-refractivity contribution is 0.504. The molecule has 0 aromatic carbocycles. The summed E-state index contributed by atoms with van der Waals surface area (Å²) >= 11 is 0. The quantitative estimate of drug-likeness (QED) is 0.467. The number of halogens is 1. The predicted octanol–water partition coefficient (Wildman–Crippen LogP) is 1.77. The minimum absolute atomic E-state index is 0.0944. The van der Waals surface area contributed by atoms with Crippen LogP contribution in [0.2, 0.25) is 0 Å². The molecule has 1 rings (SSSR count). The third kappa shape index (κ3) is 0.717. The fraction of sp³-hybridized carbons (Fsp3) is 0.500. The van der Waals surface area contributed by atoms with E-state index < -0.39 is 0 Å². The second-order valence-corrected chi connectivity index (χ2v) is 2.00. The summed E-state index contributed by atoms with van der Waals surface area (Å²) in [7, 11) is 0. The van der Waals surface area contributed by atoms with Crippen LogP contribution >= 0.6 is 0 Å². The highest BCUT2D eigenvalue weighted by atomic mass is 19.1. The van der Waals surface area contributed by atoms with Crippen LogP contribution in [0.3, 0.4) is 0 Å². The van der Waals surface area contributed by atoms with Crippen molar-refractivity contribution in [2.75, 3.05) is 0 Å². The average Bonchev–Trinajstić information content (AvgIpc) is 1.65. The molecule has 0 atom stereocenters. The molecule has 0 radical (unpaired) electrons. The van der Waals surface area contributed by atoms with Crippen LogP contribution in [0.15, 0.2) is 11.9 Å². The Morgan fingerprint density at radius 3 is 2.75 bits per heavy atom. The van der Waals surface area contributed by atoms with E-state index in [-0.39, 0.29) is 5.92 Å². The SMILES string of the molecule is N#CC1CC(=CF)C1. The van der Waals surface area contributed by atoms with Crippen LogP contribution in [0.4, 0.5) is 4.39 Å². The zero-order valence-corrected chi connectivity index (χ0v) is 4.39. The summed E-state index contributed by atoms with van der Waals surface area (Å²) in [6, 6.07) is 2.06. The van der Waals surface area contributed by atoms with Crippen molar-refractivity contribution in [3.8, 4) is 6.07 Å². The number of hydrogen-bond donors (Lipinski definition) is 0. The van der Waals surface area contributed by atoms with E-state index in [4.69, 9.17) is 5.26 Å². The number of nitriles is 1. The largest absolute Gasteiger partial charge is 0.216 e. The molecule has 1 aliphatic rings. The number of rotatable bonds is 0. The standard InChI is InChI=1S/C6H6FN/c7-3-5-1-6(2-5)4-8/h3,6H,1-2H2. The first-order valence-corrected chi connectivity index (χ1v) is 2.54. The molecule has 0 bridgehead atoms. The molecular formula is C6H6FN. The number of nitrogens with zero attached hydrogens (tertiary/aromatic N) is 1. The molecule has 0 aromatic heterocycles. The molecule has 0 N–H and O–H groups in total. The van der Waals surface area contributed by atoms with Crippen molar-refractivity contribution >= 4 is 0 Å². The highest BCUT2D eigenvalue weighted by molar-refractivity contribution is 5.15. The molecule has 0 aromatic rings. The first kappa shape index (κ1) is 5.30. The van der Waals surface area contributed by atoms with Crippen LogP contribution in [0.25, 0.3) is 0 Å². The van der Waals surface area contributed by atoms with Crippen molar-refractivity contribution in [3.63, 3.8) is 0 Å². The molecule has 0 spiro atoms. The Bertz CT molecular complexity index is 146. The Labute approximate surface area is 47.4 Å². The van der Waals surface area contributed by atoms with E-state index >= 15 is 0 Å². The van der Waals surface area contributed by atoms with Gasteiger partial charge in [-0.1, -0.05) is 0 Å². The normalized spacial score (nSPS) is 26.0. The Balaban J connectivity index is 2.35. The van der Waals surface area contributed by atoms with Crippen molar-refractivity contribution in [2.45, 2.75) is 12.8 Å². The highest BCUT2D eigenvalue weighted by Gasteiger charge is 2.21. The van der Waals surface area contributed by atoms with Gasteiger partial charge < -0.3 is 0 Å². The summed E-state index contributed by atoms with van der Waals surface area (Å²) in [5.41, 5.74) is 0.775. The molecule has 2 heteroatoms. The average molecular weight is 111 g/mol. The van der Waals surface area contributed by atoms with Gasteiger partial charge in [-0.05, 0) is 18.4 Å². The lowest BCUT2D eigenvalue weighted by Crippen LogP contribution is -2.11. The number of hydrogen-bond acceptors (Lipinski definition) is 1. The summed E-state index contributed by atoms with van der Waals surface area (Å²) in [6.45, 7) is 0. The zero-order chi connectivity index (χ0) is 5.98. The van der Waals surface area contributed by atoms with Gasteiger partial charge >= 0.3 is 0 Å². The molecule has 0 aliphatic heterocycles. The molecular weight excluding hydrogens is 105 g/mol. The van der Waals surface area contributed by atoms with E-state index in [9.17, 15) is 4.39 Å². The molecule has 1 saturated carbocycles. The van der Waals surface area contributed by atoms with Gasteiger partial charge in [0.25, 0.3) is 0 Å². The minimum atomic E-state index is 0.0944. The number of allylic oxidation sites excluding steroid dienone is 1. The summed E-state index contributed by atoms with van der Waals surface area (Å²) in [6.07, 6.45) is 1.90. The Morgan fingerprint density at radius 2 is 2.38 bits per heavy atom. The van der Waals surface area contributed by atoms with Gasteiger partial charge in [-0.2, -0.15) is 5.26 Å². The fourth-order valence-electron chi connectivity index (χ4n) is 0.754. The van der Waals surface area contributed by atoms with Gasteiger partial charge in [0.05, 0.1) is 18.3 Å². The molecule has 8 heavy (non-hydrogen) atoms. The molecule has 1 nitrogen and oxygen atoms in total. The second-order valence-electron chi connectivity index (χ2n) is 2.00. The smallest absolute Gasteiger partial charge is 0.0859 e. The molecule has 0 heterocycles. The summed E-state index contributed by atoms with van der Waals surface area (Å²) in [5.74, 6) is 0.0944. The van der Waals surface area contributed by atoms with Crippen molar-refractivity contribution < 1.29 is 4.39 Å². The van der Waals surface area contributed by atoms with Crippen LogP contribution in [-0.4, -0.2) is 0 Å². The van der Waals surface area contributed by atoms with Gasteiger partial charge in [0, 0.05) is 0 Å². The summed E-state index contributed by atoms with van der Waals surface area (Å²) in [5, 5.41) is 8.20. The van der Waals surface area contributed by atoms with E-state index in [1.54, 1.807) is 0 Å². The molecule has 0 saturated heterocycles. The lowest BCUT2D eigenvalue weighted by Gasteiger charge is -2.20. The molecule has 42 valence electrons. The minimum Gasteiger partial charge on any atom is -0.216 e. The van der Waals surface area contributed by atoms with Crippen LogP contribution in [0, 0.1) is 17.2 Å². The third-order valence-electron chi connectivity index (χ3n) is 1.35. The van der Waals surface area contributed by atoms with Gasteiger partial charge in [-0.15, -0.1) is 0 Å². The fourth-order valence-corrected chi connectivity index (χ4v) is 0.754. The van der Waals surface area contributed by atoms with Gasteiger partial charge in [0.1, 0.15) is 0 Å². The van der Waals surface area contributed by atoms with Crippen molar-refractivity contribution in [1.29, 1.82) is 5.26 Å². The molecule has 1 fully saturated rings. The van der Waals surface area contributed by atoms with Crippen LogP contribution in [-0.2, 0) is 0 Å². The molecule has 1 aliphatic carbocycles. The van der Waals surface area contributed by atoms with E-state index in [0.717, 1.165) is 5.57 Å². The first-order valence-electron chi connectivity index (χ1n) is 2.54. The lowest BCUT2D eigenvalue weighted by atomic mass is 9.82. The Morgan fingerprint density at radius 1 is 1.75 bits per heavy atom. The summed E-state index contributed by atoms with van der Waals surface area (Å²) in [4.78, 5) is 0. The van der Waals surface area contributed by atoms with E-state index in [2.05, 4.69) is 6.07 Å². The Hall–Kier alpha value is -0.840. The van der Waals surface area contributed by atoms with Gasteiger partial charge in [0.15, 0.2) is 0 Å². The molecule has 0 unspecified atom stereocenters. The predicted molar refractivity (Wildman–Crippen MR) is 27.5 cm³/mol. The molecule has 0 amide bonds.